The normalized spacial score (nSPS) is 24.0. The quantitative estimate of drug-likeness (QED) is 0.603. The van der Waals surface area contributed by atoms with Gasteiger partial charge in [-0.15, -0.1) is 0 Å². The molecule has 6 nitrogen and oxygen atoms in total. The van der Waals surface area contributed by atoms with E-state index in [-0.39, 0.29) is 29.0 Å². The van der Waals surface area contributed by atoms with Crippen LogP contribution in [0.1, 0.15) is 12.8 Å². The first-order chi connectivity index (χ1) is 10.9. The summed E-state index contributed by atoms with van der Waals surface area (Å²) < 4.78 is 4.74. The molecule has 0 bridgehead atoms. The van der Waals surface area contributed by atoms with Gasteiger partial charge in [0, 0.05) is 11.6 Å². The number of hydrogen-bond donors (Lipinski definition) is 0. The number of ether oxygens (including phenoxy) is 1. The number of hydrogen-bond acceptors (Lipinski definition) is 4. The van der Waals surface area contributed by atoms with Crippen molar-refractivity contribution in [1.82, 2.24) is 4.90 Å². The number of urea groups is 1. The molecule has 2 atom stereocenters. The Morgan fingerprint density at radius 3 is 2.74 bits per heavy atom. The fraction of sp³-hybridized carbons (Fsp3) is 0.400. The number of halogens is 2. The van der Waals surface area contributed by atoms with Gasteiger partial charge in [-0.3, -0.25) is 9.59 Å². The molecule has 0 radical (unpaired) electrons. The minimum absolute atomic E-state index is 0.256. The zero-order chi connectivity index (χ0) is 16.7. The van der Waals surface area contributed by atoms with Gasteiger partial charge >= 0.3 is 12.0 Å². The Bertz CT molecular complexity index is 694. The maximum Gasteiger partial charge on any atom is 0.332 e. The van der Waals surface area contributed by atoms with Gasteiger partial charge < -0.3 is 9.64 Å². The van der Waals surface area contributed by atoms with Crippen LogP contribution in [-0.4, -0.2) is 42.5 Å². The number of rotatable bonds is 2. The molecular weight excluding hydrogens is 343 g/mol. The molecule has 2 aliphatic rings. The molecule has 3 rings (SSSR count). The van der Waals surface area contributed by atoms with Gasteiger partial charge in [-0.05, 0) is 31.0 Å². The van der Waals surface area contributed by atoms with Gasteiger partial charge in [-0.2, -0.15) is 0 Å². The highest BCUT2D eigenvalue weighted by Crippen LogP contribution is 2.37. The van der Waals surface area contributed by atoms with E-state index in [9.17, 15) is 14.4 Å². The average molecular weight is 357 g/mol. The van der Waals surface area contributed by atoms with E-state index in [2.05, 4.69) is 0 Å². The van der Waals surface area contributed by atoms with Crippen LogP contribution in [0.5, 0.6) is 0 Å². The monoisotopic (exact) mass is 356 g/mol. The van der Waals surface area contributed by atoms with Gasteiger partial charge in [0.25, 0.3) is 5.91 Å². The van der Waals surface area contributed by atoms with Crippen LogP contribution in [0, 0.1) is 5.92 Å². The molecule has 2 aliphatic heterocycles. The Kier molecular flexibility index (Phi) is 4.21. The Labute approximate surface area is 142 Å². The van der Waals surface area contributed by atoms with Crippen LogP contribution in [-0.2, 0) is 14.3 Å². The Morgan fingerprint density at radius 1 is 1.30 bits per heavy atom. The number of carbonyl (C=O) groups excluding carboxylic acids is 3. The van der Waals surface area contributed by atoms with Crippen LogP contribution in [0.2, 0.25) is 10.0 Å². The number of anilines is 1. The number of nitrogens with zero attached hydrogens (tertiary/aromatic N) is 2. The first-order valence-electron chi connectivity index (χ1n) is 7.11. The lowest BCUT2D eigenvalue weighted by molar-refractivity contribution is -0.147. The van der Waals surface area contributed by atoms with Gasteiger partial charge in [0.1, 0.15) is 6.04 Å². The number of benzene rings is 1. The molecule has 0 aromatic heterocycles. The molecule has 1 aromatic carbocycles. The van der Waals surface area contributed by atoms with E-state index >= 15 is 0 Å². The molecular formula is C15H14Cl2N2O4. The van der Waals surface area contributed by atoms with Crippen LogP contribution >= 0.6 is 23.2 Å². The second-order valence-corrected chi connectivity index (χ2v) is 6.35. The molecule has 0 spiro atoms. The molecule has 0 aliphatic carbocycles. The highest BCUT2D eigenvalue weighted by atomic mass is 35.5. The second-order valence-electron chi connectivity index (χ2n) is 5.51. The molecule has 8 heteroatoms. The van der Waals surface area contributed by atoms with Gasteiger partial charge in [-0.25, -0.2) is 9.69 Å². The first-order valence-corrected chi connectivity index (χ1v) is 7.87. The third kappa shape index (κ3) is 2.66. The summed E-state index contributed by atoms with van der Waals surface area (Å²) in [6, 6.07) is 3.49. The minimum Gasteiger partial charge on any atom is -0.469 e. The summed E-state index contributed by atoms with van der Waals surface area (Å²) in [5.74, 6) is -1.13. The third-order valence-electron chi connectivity index (χ3n) is 4.23. The van der Waals surface area contributed by atoms with E-state index < -0.39 is 18.0 Å². The number of amides is 3. The van der Waals surface area contributed by atoms with Crippen molar-refractivity contribution in [3.63, 3.8) is 0 Å². The Morgan fingerprint density at radius 2 is 2.04 bits per heavy atom. The summed E-state index contributed by atoms with van der Waals surface area (Å²) in [6.45, 7) is 0.323. The average Bonchev–Trinajstić information content (AvgIpc) is 2.80. The van der Waals surface area contributed by atoms with E-state index in [4.69, 9.17) is 27.9 Å². The van der Waals surface area contributed by atoms with E-state index in [0.29, 0.717) is 18.0 Å². The zero-order valence-corrected chi connectivity index (χ0v) is 13.8. The van der Waals surface area contributed by atoms with Gasteiger partial charge in [-0.1, -0.05) is 23.2 Å². The van der Waals surface area contributed by atoms with Crippen LogP contribution in [0.3, 0.4) is 0 Å². The maximum atomic E-state index is 12.7. The number of carbonyl (C=O) groups is 3. The molecule has 0 N–H and O–H groups in total. The predicted molar refractivity (Wildman–Crippen MR) is 84.6 cm³/mol. The lowest BCUT2D eigenvalue weighted by Gasteiger charge is -2.30. The number of imide groups is 1. The zero-order valence-electron chi connectivity index (χ0n) is 12.3. The van der Waals surface area contributed by atoms with E-state index in [0.717, 1.165) is 4.90 Å². The molecule has 2 saturated heterocycles. The number of methoxy groups -OCH3 is 1. The fourth-order valence-corrected chi connectivity index (χ4v) is 3.43. The smallest absolute Gasteiger partial charge is 0.332 e. The predicted octanol–water partition coefficient (Wildman–Crippen LogP) is 2.71. The summed E-state index contributed by atoms with van der Waals surface area (Å²) in [4.78, 5) is 39.5. The summed E-state index contributed by atoms with van der Waals surface area (Å²) >= 11 is 12.1. The molecule has 2 fully saturated rings. The number of fused-ring (bicyclic) bond motifs is 1. The summed E-state index contributed by atoms with van der Waals surface area (Å²) in [5, 5.41) is 0.641. The van der Waals surface area contributed by atoms with E-state index in [1.807, 2.05) is 0 Å². The molecule has 3 amide bonds. The minimum atomic E-state index is -0.671. The van der Waals surface area contributed by atoms with Crippen LogP contribution < -0.4 is 4.90 Å². The first kappa shape index (κ1) is 16.1. The fourth-order valence-electron chi connectivity index (χ4n) is 3.06. The standard InChI is InChI=1S/C15H14Cl2N2O4/c1-23-14(21)8-4-5-18-12(6-8)13(20)19(15(18)22)11-7-9(16)2-3-10(11)17/h2-3,7-8,12H,4-6H2,1H3. The van der Waals surface area contributed by atoms with Gasteiger partial charge in [0.2, 0.25) is 0 Å². The molecule has 122 valence electrons. The largest absolute Gasteiger partial charge is 0.469 e. The van der Waals surface area contributed by atoms with E-state index in [1.165, 1.54) is 24.1 Å². The molecule has 1 aromatic rings. The van der Waals surface area contributed by atoms with Crippen molar-refractivity contribution >= 4 is 46.8 Å². The Hall–Kier alpha value is -1.79. The van der Waals surface area contributed by atoms with Crippen LogP contribution in [0.15, 0.2) is 18.2 Å². The number of esters is 1. The highest BCUT2D eigenvalue weighted by Gasteiger charge is 2.50. The summed E-state index contributed by atoms with van der Waals surface area (Å²) in [5.41, 5.74) is 0.262. The van der Waals surface area contributed by atoms with E-state index in [1.54, 1.807) is 6.07 Å². The van der Waals surface area contributed by atoms with Gasteiger partial charge in [0.05, 0.1) is 23.7 Å². The van der Waals surface area contributed by atoms with Crippen molar-refractivity contribution in [3.8, 4) is 0 Å². The second kappa shape index (κ2) is 6.02. The van der Waals surface area contributed by atoms with Crippen molar-refractivity contribution in [1.29, 1.82) is 0 Å². The van der Waals surface area contributed by atoms with Crippen molar-refractivity contribution in [2.75, 3.05) is 18.6 Å². The third-order valence-corrected chi connectivity index (χ3v) is 4.78. The Balaban J connectivity index is 1.91. The summed E-state index contributed by atoms with van der Waals surface area (Å²) in [7, 11) is 1.31. The lowest BCUT2D eigenvalue weighted by Crippen LogP contribution is -2.44. The lowest BCUT2D eigenvalue weighted by atomic mass is 9.91. The van der Waals surface area contributed by atoms with Crippen molar-refractivity contribution in [2.45, 2.75) is 18.9 Å². The van der Waals surface area contributed by atoms with Gasteiger partial charge in [0.15, 0.2) is 0 Å². The van der Waals surface area contributed by atoms with Crippen molar-refractivity contribution in [2.24, 2.45) is 5.92 Å². The molecule has 2 heterocycles. The van der Waals surface area contributed by atoms with Crippen molar-refractivity contribution < 1.29 is 19.1 Å². The highest BCUT2D eigenvalue weighted by molar-refractivity contribution is 6.37. The SMILES string of the molecule is COC(=O)C1CCN2C(=O)N(c3cc(Cl)ccc3Cl)C(=O)C2C1. The molecule has 23 heavy (non-hydrogen) atoms. The summed E-state index contributed by atoms with van der Waals surface area (Å²) in [6.07, 6.45) is 0.727. The van der Waals surface area contributed by atoms with Crippen LogP contribution in [0.4, 0.5) is 10.5 Å². The molecule has 2 unspecified atom stereocenters. The topological polar surface area (TPSA) is 66.9 Å². The van der Waals surface area contributed by atoms with Crippen LogP contribution in [0.25, 0.3) is 0 Å². The maximum absolute atomic E-state index is 12.7. The molecule has 0 saturated carbocycles. The van der Waals surface area contributed by atoms with Crippen molar-refractivity contribution in [3.05, 3.63) is 28.2 Å². The number of piperidine rings is 1.